The Morgan fingerprint density at radius 3 is 2.68 bits per heavy atom. The molecule has 1 atom stereocenters. The molecule has 22 heavy (non-hydrogen) atoms. The van der Waals surface area contributed by atoms with E-state index in [4.69, 9.17) is 4.74 Å². The van der Waals surface area contributed by atoms with Crippen molar-refractivity contribution < 1.29 is 9.13 Å². The van der Waals surface area contributed by atoms with Gasteiger partial charge in [0.15, 0.2) is 0 Å². The van der Waals surface area contributed by atoms with E-state index in [1.807, 2.05) is 13.0 Å². The molecule has 2 aliphatic rings. The van der Waals surface area contributed by atoms with E-state index in [1.54, 1.807) is 12.1 Å². The highest BCUT2D eigenvalue weighted by molar-refractivity contribution is 5.53. The minimum Gasteiger partial charge on any atom is -0.381 e. The number of benzene rings is 1. The number of ether oxygens (including phenoxy) is 1. The van der Waals surface area contributed by atoms with Crippen LogP contribution in [0.1, 0.15) is 24.8 Å². The van der Waals surface area contributed by atoms with Gasteiger partial charge in [0.2, 0.25) is 0 Å². The second-order valence-electron chi connectivity index (χ2n) is 6.82. The van der Waals surface area contributed by atoms with Crippen LogP contribution in [-0.2, 0) is 4.74 Å². The van der Waals surface area contributed by atoms with Crippen molar-refractivity contribution >= 4 is 5.69 Å². The van der Waals surface area contributed by atoms with Crippen molar-refractivity contribution in [3.05, 3.63) is 29.6 Å². The van der Waals surface area contributed by atoms with Gasteiger partial charge in [-0.05, 0) is 62.9 Å². The van der Waals surface area contributed by atoms with E-state index in [0.717, 1.165) is 38.4 Å². The first-order chi connectivity index (χ1) is 10.6. The highest BCUT2D eigenvalue weighted by Crippen LogP contribution is 2.26. The zero-order valence-electron chi connectivity index (χ0n) is 13.7. The lowest BCUT2D eigenvalue weighted by atomic mass is 10.00. The smallest absolute Gasteiger partial charge is 0.123 e. The molecule has 0 radical (unpaired) electrons. The number of halogens is 1. The highest BCUT2D eigenvalue weighted by Gasteiger charge is 2.26. The molecule has 2 aliphatic heterocycles. The Bertz CT molecular complexity index is 494. The van der Waals surface area contributed by atoms with Gasteiger partial charge in [0.05, 0.1) is 6.61 Å². The van der Waals surface area contributed by atoms with Crippen molar-refractivity contribution in [2.45, 2.75) is 32.2 Å². The summed E-state index contributed by atoms with van der Waals surface area (Å²) in [5, 5.41) is 0. The van der Waals surface area contributed by atoms with E-state index in [2.05, 4.69) is 16.8 Å². The van der Waals surface area contributed by atoms with E-state index in [0.29, 0.717) is 12.0 Å². The van der Waals surface area contributed by atoms with Crippen LogP contribution in [0.15, 0.2) is 18.2 Å². The molecular weight excluding hydrogens is 279 g/mol. The van der Waals surface area contributed by atoms with Crippen LogP contribution in [0.4, 0.5) is 10.1 Å². The summed E-state index contributed by atoms with van der Waals surface area (Å²) in [7, 11) is 2.25. The average molecular weight is 306 g/mol. The van der Waals surface area contributed by atoms with E-state index < -0.39 is 0 Å². The number of hydrogen-bond donors (Lipinski definition) is 0. The minimum absolute atomic E-state index is 0.144. The van der Waals surface area contributed by atoms with Gasteiger partial charge >= 0.3 is 0 Å². The summed E-state index contributed by atoms with van der Waals surface area (Å²) in [6.07, 6.45) is 3.57. The maximum atomic E-state index is 13.2. The van der Waals surface area contributed by atoms with Crippen molar-refractivity contribution in [3.63, 3.8) is 0 Å². The zero-order chi connectivity index (χ0) is 15.5. The molecule has 2 heterocycles. The quantitative estimate of drug-likeness (QED) is 0.850. The molecule has 2 saturated heterocycles. The molecule has 1 aromatic rings. The number of nitrogens with zero attached hydrogens (tertiary/aromatic N) is 2. The summed E-state index contributed by atoms with van der Waals surface area (Å²) in [5.41, 5.74) is 2.22. The Morgan fingerprint density at radius 1 is 1.27 bits per heavy atom. The van der Waals surface area contributed by atoms with Gasteiger partial charge in [0, 0.05) is 38.0 Å². The summed E-state index contributed by atoms with van der Waals surface area (Å²) >= 11 is 0. The largest absolute Gasteiger partial charge is 0.381 e. The molecule has 0 amide bonds. The minimum atomic E-state index is -0.144. The van der Waals surface area contributed by atoms with Crippen LogP contribution in [-0.4, -0.2) is 50.8 Å². The fourth-order valence-corrected chi connectivity index (χ4v) is 3.80. The molecule has 2 fully saturated rings. The lowest BCUT2D eigenvalue weighted by Gasteiger charge is -2.39. The standard InChI is InChI=1S/C18H27FN2O/c1-14-11-16(19)3-4-18(14)21-8-5-17(6-9-21)20(2)12-15-7-10-22-13-15/h3-4,11,15,17H,5-10,12-13H2,1-2H3/t15-/m1/s1. The third-order valence-corrected chi connectivity index (χ3v) is 5.16. The van der Waals surface area contributed by atoms with Crippen LogP contribution in [0.25, 0.3) is 0 Å². The van der Waals surface area contributed by atoms with Crippen molar-refractivity contribution in [1.82, 2.24) is 4.90 Å². The monoisotopic (exact) mass is 306 g/mol. The summed E-state index contributed by atoms with van der Waals surface area (Å²) in [6.45, 7) is 7.13. The van der Waals surface area contributed by atoms with Gasteiger partial charge in [-0.3, -0.25) is 0 Å². The first kappa shape index (κ1) is 15.8. The van der Waals surface area contributed by atoms with Crippen LogP contribution in [0.5, 0.6) is 0 Å². The Hall–Kier alpha value is -1.13. The topological polar surface area (TPSA) is 15.7 Å². The van der Waals surface area contributed by atoms with E-state index >= 15 is 0 Å². The Morgan fingerprint density at radius 2 is 2.05 bits per heavy atom. The molecule has 0 saturated carbocycles. The molecule has 0 aromatic heterocycles. The van der Waals surface area contributed by atoms with Crippen molar-refractivity contribution in [3.8, 4) is 0 Å². The predicted molar refractivity (Wildman–Crippen MR) is 87.9 cm³/mol. The summed E-state index contributed by atoms with van der Waals surface area (Å²) in [6, 6.07) is 5.79. The molecule has 122 valence electrons. The third kappa shape index (κ3) is 3.61. The van der Waals surface area contributed by atoms with Crippen LogP contribution >= 0.6 is 0 Å². The average Bonchev–Trinajstić information content (AvgIpc) is 3.00. The van der Waals surface area contributed by atoms with E-state index in [1.165, 1.54) is 24.9 Å². The maximum Gasteiger partial charge on any atom is 0.123 e. The number of rotatable bonds is 4. The number of anilines is 1. The van der Waals surface area contributed by atoms with Crippen LogP contribution in [0, 0.1) is 18.7 Å². The predicted octanol–water partition coefficient (Wildman–Crippen LogP) is 3.07. The van der Waals surface area contributed by atoms with E-state index in [9.17, 15) is 4.39 Å². The van der Waals surface area contributed by atoms with Gasteiger partial charge in [0.25, 0.3) is 0 Å². The molecular formula is C18H27FN2O. The van der Waals surface area contributed by atoms with Gasteiger partial charge in [-0.2, -0.15) is 0 Å². The summed E-state index contributed by atoms with van der Waals surface area (Å²) in [5.74, 6) is 0.567. The van der Waals surface area contributed by atoms with Crippen LogP contribution in [0.3, 0.4) is 0 Å². The van der Waals surface area contributed by atoms with Gasteiger partial charge in [-0.15, -0.1) is 0 Å². The van der Waals surface area contributed by atoms with Gasteiger partial charge in [0.1, 0.15) is 5.82 Å². The van der Waals surface area contributed by atoms with Gasteiger partial charge < -0.3 is 14.5 Å². The second kappa shape index (κ2) is 6.97. The molecule has 3 rings (SSSR count). The molecule has 0 bridgehead atoms. The maximum absolute atomic E-state index is 13.2. The number of piperidine rings is 1. The van der Waals surface area contributed by atoms with Crippen molar-refractivity contribution in [2.24, 2.45) is 5.92 Å². The molecule has 1 aromatic carbocycles. The molecule has 0 unspecified atom stereocenters. The van der Waals surface area contributed by atoms with Gasteiger partial charge in [-0.1, -0.05) is 0 Å². The normalized spacial score (nSPS) is 23.5. The number of aryl methyl sites for hydroxylation is 1. The first-order valence-corrected chi connectivity index (χ1v) is 8.42. The second-order valence-corrected chi connectivity index (χ2v) is 6.82. The lowest BCUT2D eigenvalue weighted by molar-refractivity contribution is 0.150. The van der Waals surface area contributed by atoms with E-state index in [-0.39, 0.29) is 5.82 Å². The SMILES string of the molecule is Cc1cc(F)ccc1N1CCC(N(C)C[C@H]2CCOC2)CC1. The number of hydrogen-bond acceptors (Lipinski definition) is 3. The van der Waals surface area contributed by atoms with Crippen molar-refractivity contribution in [1.29, 1.82) is 0 Å². The fraction of sp³-hybridized carbons (Fsp3) is 0.667. The third-order valence-electron chi connectivity index (χ3n) is 5.16. The van der Waals surface area contributed by atoms with Crippen molar-refractivity contribution in [2.75, 3.05) is 44.8 Å². The van der Waals surface area contributed by atoms with Gasteiger partial charge in [-0.25, -0.2) is 4.39 Å². The van der Waals surface area contributed by atoms with Crippen LogP contribution < -0.4 is 4.90 Å². The molecule has 3 nitrogen and oxygen atoms in total. The zero-order valence-corrected chi connectivity index (χ0v) is 13.7. The first-order valence-electron chi connectivity index (χ1n) is 8.42. The molecule has 4 heteroatoms. The highest BCUT2D eigenvalue weighted by atomic mass is 19.1. The molecule has 0 spiro atoms. The summed E-state index contributed by atoms with van der Waals surface area (Å²) in [4.78, 5) is 4.92. The Balaban J connectivity index is 1.53. The molecule has 0 N–H and O–H groups in total. The Kier molecular flexibility index (Phi) is 4.99. The lowest BCUT2D eigenvalue weighted by Crippen LogP contribution is -2.45. The summed E-state index contributed by atoms with van der Waals surface area (Å²) < 4.78 is 18.7. The Labute approximate surface area is 133 Å². The fourth-order valence-electron chi connectivity index (χ4n) is 3.80. The molecule has 0 aliphatic carbocycles. The van der Waals surface area contributed by atoms with Crippen LogP contribution in [0.2, 0.25) is 0 Å².